The third kappa shape index (κ3) is 5.82. The van der Waals surface area contributed by atoms with Gasteiger partial charge in [-0.05, 0) is 18.3 Å². The average Bonchev–Trinajstić information content (AvgIpc) is 2.14. The van der Waals surface area contributed by atoms with Crippen molar-refractivity contribution in [3.8, 4) is 0 Å². The van der Waals surface area contributed by atoms with Crippen LogP contribution in [0.25, 0.3) is 0 Å². The van der Waals surface area contributed by atoms with Gasteiger partial charge >= 0.3 is 0 Å². The summed E-state index contributed by atoms with van der Waals surface area (Å²) < 4.78 is 22.4. The van der Waals surface area contributed by atoms with Gasteiger partial charge in [0.2, 0.25) is 0 Å². The lowest BCUT2D eigenvalue weighted by atomic mass is 9.84. The Bertz CT molecular complexity index is 290. The molecule has 98 valence electrons. The number of aliphatic hydroxyl groups is 2. The van der Waals surface area contributed by atoms with E-state index in [9.17, 15) is 18.6 Å². The molecular formula is C11H24O4S. The molecule has 0 amide bonds. The highest BCUT2D eigenvalue weighted by Gasteiger charge is 2.28. The summed E-state index contributed by atoms with van der Waals surface area (Å²) in [6.07, 6.45) is -0.966. The Morgan fingerprint density at radius 2 is 1.69 bits per heavy atom. The second-order valence-electron chi connectivity index (χ2n) is 5.26. The summed E-state index contributed by atoms with van der Waals surface area (Å²) in [7, 11) is -2.97. The van der Waals surface area contributed by atoms with Gasteiger partial charge in [0.1, 0.15) is 9.84 Å². The van der Waals surface area contributed by atoms with Crippen LogP contribution in [0.5, 0.6) is 0 Å². The van der Waals surface area contributed by atoms with Gasteiger partial charge in [-0.3, -0.25) is 0 Å². The molecule has 4 nitrogen and oxygen atoms in total. The summed E-state index contributed by atoms with van der Waals surface area (Å²) in [5, 5.41) is 19.4. The van der Waals surface area contributed by atoms with Crippen molar-refractivity contribution < 1.29 is 18.6 Å². The lowest BCUT2D eigenvalue weighted by molar-refractivity contribution is -0.0473. The van der Waals surface area contributed by atoms with Crippen LogP contribution in [0.15, 0.2) is 0 Å². The van der Waals surface area contributed by atoms with Gasteiger partial charge in [-0.15, -0.1) is 0 Å². The van der Waals surface area contributed by atoms with Crippen molar-refractivity contribution in [3.63, 3.8) is 0 Å². The molecule has 0 aliphatic carbocycles. The van der Waals surface area contributed by atoms with E-state index in [0.717, 1.165) is 0 Å². The van der Waals surface area contributed by atoms with E-state index in [1.54, 1.807) is 6.92 Å². The van der Waals surface area contributed by atoms with E-state index in [1.165, 1.54) is 0 Å². The van der Waals surface area contributed by atoms with Crippen molar-refractivity contribution >= 4 is 9.84 Å². The molecule has 0 fully saturated rings. The summed E-state index contributed by atoms with van der Waals surface area (Å²) in [4.78, 5) is 0. The third-order valence-corrected chi connectivity index (χ3v) is 4.44. The van der Waals surface area contributed by atoms with Gasteiger partial charge in [0.05, 0.1) is 18.0 Å². The minimum atomic E-state index is -2.97. The maximum Gasteiger partial charge on any atom is 0.150 e. The molecule has 2 atom stereocenters. The normalized spacial score (nSPS) is 17.1. The quantitative estimate of drug-likeness (QED) is 0.738. The maximum absolute atomic E-state index is 11.2. The standard InChI is InChI=1S/C11H24O4S/c1-5-16(14,15)8-6-7-9(12)10(13)11(2,3)4/h9-10,12-13H,5-8H2,1-4H3. The molecule has 0 saturated carbocycles. The SMILES string of the molecule is CCS(=O)(=O)CCCC(O)C(O)C(C)(C)C. The van der Waals surface area contributed by atoms with Crippen LogP contribution >= 0.6 is 0 Å². The highest BCUT2D eigenvalue weighted by atomic mass is 32.2. The number of sulfone groups is 1. The van der Waals surface area contributed by atoms with E-state index in [2.05, 4.69) is 0 Å². The highest BCUT2D eigenvalue weighted by Crippen LogP contribution is 2.23. The van der Waals surface area contributed by atoms with Crippen LogP contribution in [-0.4, -0.2) is 42.3 Å². The molecule has 0 heterocycles. The maximum atomic E-state index is 11.2. The first kappa shape index (κ1) is 15.9. The van der Waals surface area contributed by atoms with Crippen molar-refractivity contribution in [2.75, 3.05) is 11.5 Å². The molecule has 16 heavy (non-hydrogen) atoms. The zero-order valence-electron chi connectivity index (χ0n) is 10.6. The molecular weight excluding hydrogens is 228 g/mol. The molecule has 0 aliphatic rings. The minimum absolute atomic E-state index is 0.0808. The molecule has 0 radical (unpaired) electrons. The van der Waals surface area contributed by atoms with Crippen LogP contribution in [0, 0.1) is 5.41 Å². The van der Waals surface area contributed by atoms with Crippen molar-refractivity contribution in [3.05, 3.63) is 0 Å². The van der Waals surface area contributed by atoms with Gasteiger partial charge in [0, 0.05) is 5.75 Å². The fourth-order valence-electron chi connectivity index (χ4n) is 1.39. The zero-order chi connectivity index (χ0) is 13.0. The number of rotatable bonds is 6. The van der Waals surface area contributed by atoms with Gasteiger partial charge in [-0.25, -0.2) is 8.42 Å². The molecule has 0 aliphatic heterocycles. The summed E-state index contributed by atoms with van der Waals surface area (Å²) >= 11 is 0. The lowest BCUT2D eigenvalue weighted by Gasteiger charge is -2.29. The van der Waals surface area contributed by atoms with Gasteiger partial charge in [0.25, 0.3) is 0 Å². The Labute approximate surface area is 98.6 Å². The van der Waals surface area contributed by atoms with Gasteiger partial charge in [-0.1, -0.05) is 27.7 Å². The van der Waals surface area contributed by atoms with E-state index in [-0.39, 0.29) is 16.9 Å². The fourth-order valence-corrected chi connectivity index (χ4v) is 2.29. The van der Waals surface area contributed by atoms with E-state index in [1.807, 2.05) is 20.8 Å². The molecule has 0 spiro atoms. The van der Waals surface area contributed by atoms with Crippen LogP contribution in [0.1, 0.15) is 40.5 Å². The van der Waals surface area contributed by atoms with Crippen LogP contribution in [-0.2, 0) is 9.84 Å². The third-order valence-electron chi connectivity index (χ3n) is 2.65. The van der Waals surface area contributed by atoms with E-state index in [0.29, 0.717) is 12.8 Å². The van der Waals surface area contributed by atoms with Crippen LogP contribution < -0.4 is 0 Å². The van der Waals surface area contributed by atoms with E-state index < -0.39 is 22.0 Å². The molecule has 0 bridgehead atoms. The fraction of sp³-hybridized carbons (Fsp3) is 1.00. The molecule has 0 aromatic rings. The second kappa shape index (κ2) is 5.98. The summed E-state index contributed by atoms with van der Waals surface area (Å²) in [6.45, 7) is 7.12. The summed E-state index contributed by atoms with van der Waals surface area (Å²) in [5.41, 5.74) is -0.386. The highest BCUT2D eigenvalue weighted by molar-refractivity contribution is 7.91. The average molecular weight is 252 g/mol. The Balaban J connectivity index is 4.05. The number of hydrogen-bond acceptors (Lipinski definition) is 4. The summed E-state index contributed by atoms with van der Waals surface area (Å²) in [5.74, 6) is 0.211. The molecule has 0 aromatic heterocycles. The van der Waals surface area contributed by atoms with Gasteiger partial charge in [-0.2, -0.15) is 0 Å². The lowest BCUT2D eigenvalue weighted by Crippen LogP contribution is -2.37. The molecule has 0 aromatic carbocycles. The predicted octanol–water partition coefficient (Wildman–Crippen LogP) is 0.969. The monoisotopic (exact) mass is 252 g/mol. The minimum Gasteiger partial charge on any atom is -0.390 e. The Kier molecular flexibility index (Phi) is 5.93. The first-order valence-electron chi connectivity index (χ1n) is 5.66. The van der Waals surface area contributed by atoms with Crippen molar-refractivity contribution in [2.24, 2.45) is 5.41 Å². The molecule has 0 saturated heterocycles. The first-order valence-corrected chi connectivity index (χ1v) is 7.49. The predicted molar refractivity (Wildman–Crippen MR) is 65.0 cm³/mol. The van der Waals surface area contributed by atoms with Crippen molar-refractivity contribution in [1.29, 1.82) is 0 Å². The Morgan fingerprint density at radius 1 is 1.19 bits per heavy atom. The number of hydrogen-bond donors (Lipinski definition) is 2. The number of aliphatic hydroxyl groups excluding tert-OH is 2. The molecule has 2 N–H and O–H groups in total. The zero-order valence-corrected chi connectivity index (χ0v) is 11.4. The van der Waals surface area contributed by atoms with Crippen LogP contribution in [0.3, 0.4) is 0 Å². The van der Waals surface area contributed by atoms with Crippen molar-refractivity contribution in [2.45, 2.75) is 52.7 Å². The molecule has 0 rings (SSSR count). The smallest absolute Gasteiger partial charge is 0.150 e. The van der Waals surface area contributed by atoms with E-state index >= 15 is 0 Å². The van der Waals surface area contributed by atoms with Gasteiger partial charge < -0.3 is 10.2 Å². The van der Waals surface area contributed by atoms with Gasteiger partial charge in [0.15, 0.2) is 0 Å². The Morgan fingerprint density at radius 3 is 2.06 bits per heavy atom. The topological polar surface area (TPSA) is 74.6 Å². The first-order chi connectivity index (χ1) is 7.10. The van der Waals surface area contributed by atoms with Crippen LogP contribution in [0.4, 0.5) is 0 Å². The second-order valence-corrected chi connectivity index (χ2v) is 7.73. The largest absolute Gasteiger partial charge is 0.390 e. The van der Waals surface area contributed by atoms with Crippen LogP contribution in [0.2, 0.25) is 0 Å². The molecule has 2 unspecified atom stereocenters. The molecule has 5 heteroatoms. The van der Waals surface area contributed by atoms with Crippen molar-refractivity contribution in [1.82, 2.24) is 0 Å². The summed E-state index contributed by atoms with van der Waals surface area (Å²) in [6, 6.07) is 0. The van der Waals surface area contributed by atoms with E-state index in [4.69, 9.17) is 0 Å². The Hall–Kier alpha value is -0.130.